The molecule has 0 radical (unpaired) electrons. The van der Waals surface area contributed by atoms with E-state index >= 15 is 0 Å². The van der Waals surface area contributed by atoms with Crippen molar-refractivity contribution < 1.29 is 4.79 Å². The summed E-state index contributed by atoms with van der Waals surface area (Å²) in [6.07, 6.45) is 1.41. The maximum absolute atomic E-state index is 11.8. The van der Waals surface area contributed by atoms with Crippen molar-refractivity contribution in [2.75, 3.05) is 13.1 Å². The number of halogens is 1. The number of rotatable bonds is 3. The second-order valence-corrected chi connectivity index (χ2v) is 3.23. The fourth-order valence-corrected chi connectivity index (χ4v) is 1.21. The van der Waals surface area contributed by atoms with Gasteiger partial charge in [0.05, 0.1) is 11.6 Å². The maximum atomic E-state index is 11.8. The smallest absolute Gasteiger partial charge is 0.256 e. The molecular weight excluding hydrogens is 214 g/mol. The molecule has 5 heteroatoms. The SMILES string of the molecule is CCN(CC#N)C(=O)c1ccc(Cl)nc1. The molecule has 1 aromatic heterocycles. The van der Waals surface area contributed by atoms with Gasteiger partial charge < -0.3 is 4.90 Å². The van der Waals surface area contributed by atoms with Crippen LogP contribution in [0.1, 0.15) is 17.3 Å². The first-order chi connectivity index (χ1) is 7.19. The van der Waals surface area contributed by atoms with Crippen molar-refractivity contribution in [3.63, 3.8) is 0 Å². The van der Waals surface area contributed by atoms with Crippen LogP contribution in [-0.4, -0.2) is 28.9 Å². The topological polar surface area (TPSA) is 57.0 Å². The van der Waals surface area contributed by atoms with Crippen LogP contribution in [0.4, 0.5) is 0 Å². The van der Waals surface area contributed by atoms with Crippen LogP contribution in [0.5, 0.6) is 0 Å². The molecule has 1 heterocycles. The fraction of sp³-hybridized carbons (Fsp3) is 0.300. The van der Waals surface area contributed by atoms with Gasteiger partial charge in [-0.3, -0.25) is 4.79 Å². The van der Waals surface area contributed by atoms with Gasteiger partial charge in [-0.2, -0.15) is 5.26 Å². The van der Waals surface area contributed by atoms with E-state index in [0.29, 0.717) is 17.3 Å². The molecule has 0 aliphatic rings. The highest BCUT2D eigenvalue weighted by molar-refractivity contribution is 6.29. The summed E-state index contributed by atoms with van der Waals surface area (Å²) < 4.78 is 0. The minimum absolute atomic E-state index is 0.0813. The highest BCUT2D eigenvalue weighted by Gasteiger charge is 2.13. The van der Waals surface area contributed by atoms with Gasteiger partial charge in [0.1, 0.15) is 11.7 Å². The number of nitrogens with zero attached hydrogens (tertiary/aromatic N) is 3. The average molecular weight is 224 g/mol. The van der Waals surface area contributed by atoms with E-state index in [1.165, 1.54) is 11.1 Å². The lowest BCUT2D eigenvalue weighted by atomic mass is 10.2. The Balaban J connectivity index is 2.84. The molecule has 0 atom stereocenters. The van der Waals surface area contributed by atoms with Gasteiger partial charge in [-0.25, -0.2) is 4.98 Å². The second-order valence-electron chi connectivity index (χ2n) is 2.85. The number of hydrogen-bond acceptors (Lipinski definition) is 3. The first-order valence-electron chi connectivity index (χ1n) is 4.46. The molecule has 0 aromatic carbocycles. The molecule has 0 N–H and O–H groups in total. The molecule has 1 aromatic rings. The normalized spacial score (nSPS) is 9.40. The molecule has 0 aliphatic heterocycles. The average Bonchev–Trinajstić information content (AvgIpc) is 2.26. The van der Waals surface area contributed by atoms with E-state index in [0.717, 1.165) is 0 Å². The second kappa shape index (κ2) is 5.32. The van der Waals surface area contributed by atoms with E-state index < -0.39 is 0 Å². The number of amides is 1. The van der Waals surface area contributed by atoms with Crippen LogP contribution < -0.4 is 0 Å². The number of carbonyl (C=O) groups is 1. The van der Waals surface area contributed by atoms with Crippen molar-refractivity contribution in [1.29, 1.82) is 5.26 Å². The molecule has 78 valence electrons. The predicted octanol–water partition coefficient (Wildman–Crippen LogP) is 1.72. The largest absolute Gasteiger partial charge is 0.326 e. The molecule has 15 heavy (non-hydrogen) atoms. The van der Waals surface area contributed by atoms with Gasteiger partial charge in [0.15, 0.2) is 0 Å². The Hall–Kier alpha value is -1.60. The summed E-state index contributed by atoms with van der Waals surface area (Å²) in [6.45, 7) is 2.39. The Kier molecular flexibility index (Phi) is 4.07. The van der Waals surface area contributed by atoms with Gasteiger partial charge in [-0.05, 0) is 19.1 Å². The molecule has 1 amide bonds. The zero-order valence-electron chi connectivity index (χ0n) is 8.27. The third-order valence-corrected chi connectivity index (χ3v) is 2.13. The molecule has 1 rings (SSSR count). The molecule has 0 fully saturated rings. The summed E-state index contributed by atoms with van der Waals surface area (Å²) in [4.78, 5) is 17.0. The standard InChI is InChI=1S/C10H10ClN3O/c1-2-14(6-5-12)10(15)8-3-4-9(11)13-7-8/h3-4,7H,2,6H2,1H3. The van der Waals surface area contributed by atoms with Gasteiger partial charge >= 0.3 is 0 Å². The van der Waals surface area contributed by atoms with Crippen LogP contribution in [0.25, 0.3) is 0 Å². The minimum atomic E-state index is -0.205. The quantitative estimate of drug-likeness (QED) is 0.579. The van der Waals surface area contributed by atoms with E-state index in [-0.39, 0.29) is 12.5 Å². The first kappa shape index (κ1) is 11.5. The lowest BCUT2D eigenvalue weighted by Gasteiger charge is -2.16. The van der Waals surface area contributed by atoms with Crippen molar-refractivity contribution in [3.8, 4) is 6.07 Å². The number of aromatic nitrogens is 1. The maximum Gasteiger partial charge on any atom is 0.256 e. The molecule has 0 aliphatic carbocycles. The molecule has 0 bridgehead atoms. The first-order valence-corrected chi connectivity index (χ1v) is 4.84. The summed E-state index contributed by atoms with van der Waals surface area (Å²) in [5, 5.41) is 8.87. The van der Waals surface area contributed by atoms with Crippen molar-refractivity contribution in [2.45, 2.75) is 6.92 Å². The van der Waals surface area contributed by atoms with Crippen molar-refractivity contribution in [1.82, 2.24) is 9.88 Å². The Labute approximate surface area is 93.1 Å². The van der Waals surface area contributed by atoms with E-state index in [9.17, 15) is 4.79 Å². The molecular formula is C10H10ClN3O. The highest BCUT2D eigenvalue weighted by atomic mass is 35.5. The van der Waals surface area contributed by atoms with Gasteiger partial charge in [-0.1, -0.05) is 11.6 Å². The van der Waals surface area contributed by atoms with Gasteiger partial charge in [0.2, 0.25) is 0 Å². The number of carbonyl (C=O) groups excluding carboxylic acids is 1. The van der Waals surface area contributed by atoms with Crippen LogP contribution in [0.3, 0.4) is 0 Å². The van der Waals surface area contributed by atoms with Crippen molar-refractivity contribution >= 4 is 17.5 Å². The summed E-state index contributed by atoms with van der Waals surface area (Å²) in [6, 6.07) is 5.08. The number of hydrogen-bond donors (Lipinski definition) is 0. The van der Waals surface area contributed by atoms with Crippen LogP contribution in [0.15, 0.2) is 18.3 Å². The lowest BCUT2D eigenvalue weighted by Crippen LogP contribution is -2.31. The Morgan fingerprint density at radius 2 is 2.40 bits per heavy atom. The molecule has 4 nitrogen and oxygen atoms in total. The Bertz CT molecular complexity index is 383. The minimum Gasteiger partial charge on any atom is -0.326 e. The zero-order valence-corrected chi connectivity index (χ0v) is 9.03. The lowest BCUT2D eigenvalue weighted by molar-refractivity contribution is 0.0784. The summed E-state index contributed by atoms with van der Waals surface area (Å²) >= 11 is 5.60. The molecule has 0 unspecified atom stereocenters. The Morgan fingerprint density at radius 3 is 2.87 bits per heavy atom. The van der Waals surface area contributed by atoms with Crippen molar-refractivity contribution in [2.24, 2.45) is 0 Å². The predicted molar refractivity (Wildman–Crippen MR) is 56.4 cm³/mol. The number of pyridine rings is 1. The highest BCUT2D eigenvalue weighted by Crippen LogP contribution is 2.07. The fourth-order valence-electron chi connectivity index (χ4n) is 1.10. The van der Waals surface area contributed by atoms with Crippen molar-refractivity contribution in [3.05, 3.63) is 29.0 Å². The van der Waals surface area contributed by atoms with E-state index in [4.69, 9.17) is 16.9 Å². The van der Waals surface area contributed by atoms with Gasteiger partial charge in [0, 0.05) is 12.7 Å². The van der Waals surface area contributed by atoms with Gasteiger partial charge in [0.25, 0.3) is 5.91 Å². The number of nitriles is 1. The molecule has 0 spiro atoms. The third-order valence-electron chi connectivity index (χ3n) is 1.90. The van der Waals surface area contributed by atoms with Crippen LogP contribution in [-0.2, 0) is 0 Å². The summed E-state index contributed by atoms with van der Waals surface area (Å²) in [7, 11) is 0. The Morgan fingerprint density at radius 1 is 1.67 bits per heavy atom. The van der Waals surface area contributed by atoms with Gasteiger partial charge in [-0.15, -0.1) is 0 Å². The molecule has 0 saturated heterocycles. The van der Waals surface area contributed by atoms with E-state index in [2.05, 4.69) is 4.98 Å². The zero-order chi connectivity index (χ0) is 11.3. The summed E-state index contributed by atoms with van der Waals surface area (Å²) in [5.74, 6) is -0.205. The molecule has 0 saturated carbocycles. The van der Waals surface area contributed by atoms with Crippen LogP contribution in [0.2, 0.25) is 5.15 Å². The van der Waals surface area contributed by atoms with E-state index in [1.807, 2.05) is 13.0 Å². The van der Waals surface area contributed by atoms with E-state index in [1.54, 1.807) is 12.1 Å². The van der Waals surface area contributed by atoms with Crippen LogP contribution >= 0.6 is 11.6 Å². The third kappa shape index (κ3) is 2.93. The van der Waals surface area contributed by atoms with Crippen LogP contribution in [0, 0.1) is 11.3 Å². The monoisotopic (exact) mass is 223 g/mol. The summed E-state index contributed by atoms with van der Waals surface area (Å²) in [5.41, 5.74) is 0.441.